The number of nitrogens with one attached hydrogen (secondary N) is 1. The van der Waals surface area contributed by atoms with Crippen LogP contribution in [0.5, 0.6) is 11.5 Å². The van der Waals surface area contributed by atoms with Crippen LogP contribution in [0.4, 0.5) is 0 Å². The molecule has 0 radical (unpaired) electrons. The Labute approximate surface area is 157 Å². The van der Waals surface area contributed by atoms with Gasteiger partial charge in [0.05, 0.1) is 13.7 Å². The van der Waals surface area contributed by atoms with Crippen LogP contribution in [0, 0.1) is 6.92 Å². The van der Waals surface area contributed by atoms with Crippen LogP contribution in [0.3, 0.4) is 0 Å². The standard InChI is InChI=1S/C19H24N2O6/c1-10(5-7-15(23)21-8-14(20)22)4-6-12-17(24)16-13(9-27-19(16)25)11(2)18(12)26-3/h4,24H,5-9H2,1-3H3,(H2,20,22)(H,21,23)/b10-4+. The summed E-state index contributed by atoms with van der Waals surface area (Å²) in [5, 5.41) is 13.0. The predicted molar refractivity (Wildman–Crippen MR) is 97.4 cm³/mol. The maximum absolute atomic E-state index is 11.9. The van der Waals surface area contributed by atoms with Gasteiger partial charge in [0, 0.05) is 17.5 Å². The molecule has 0 spiro atoms. The highest BCUT2D eigenvalue weighted by Crippen LogP contribution is 2.42. The van der Waals surface area contributed by atoms with Crippen LogP contribution in [0.2, 0.25) is 0 Å². The highest BCUT2D eigenvalue weighted by Gasteiger charge is 2.31. The molecule has 146 valence electrons. The van der Waals surface area contributed by atoms with Crippen molar-refractivity contribution in [3.05, 3.63) is 33.9 Å². The minimum Gasteiger partial charge on any atom is -0.507 e. The molecule has 0 bridgehead atoms. The van der Waals surface area contributed by atoms with Gasteiger partial charge in [-0.15, -0.1) is 0 Å². The Kier molecular flexibility index (Phi) is 6.44. The number of aromatic hydroxyl groups is 1. The molecular formula is C19H24N2O6. The number of allylic oxidation sites excluding steroid dienone is 2. The first-order chi connectivity index (χ1) is 12.8. The molecule has 1 aromatic rings. The summed E-state index contributed by atoms with van der Waals surface area (Å²) in [6, 6.07) is 0. The summed E-state index contributed by atoms with van der Waals surface area (Å²) >= 11 is 0. The van der Waals surface area contributed by atoms with E-state index in [-0.39, 0.29) is 36.8 Å². The fraction of sp³-hybridized carbons (Fsp3) is 0.421. The molecule has 0 fully saturated rings. The molecule has 1 aromatic carbocycles. The van der Waals surface area contributed by atoms with E-state index in [0.29, 0.717) is 29.7 Å². The van der Waals surface area contributed by atoms with Gasteiger partial charge in [-0.3, -0.25) is 9.59 Å². The van der Waals surface area contributed by atoms with Gasteiger partial charge in [0.1, 0.15) is 23.7 Å². The van der Waals surface area contributed by atoms with Gasteiger partial charge < -0.3 is 25.6 Å². The fourth-order valence-electron chi connectivity index (χ4n) is 2.99. The lowest BCUT2D eigenvalue weighted by molar-refractivity contribution is -0.124. The number of phenolic OH excluding ortho intramolecular Hbond substituents is 1. The number of ether oxygens (including phenoxy) is 2. The summed E-state index contributed by atoms with van der Waals surface area (Å²) in [5.41, 5.74) is 8.01. The van der Waals surface area contributed by atoms with Crippen molar-refractivity contribution >= 4 is 17.8 Å². The van der Waals surface area contributed by atoms with Crippen LogP contribution < -0.4 is 15.8 Å². The summed E-state index contributed by atoms with van der Waals surface area (Å²) in [4.78, 5) is 34.2. The zero-order valence-corrected chi connectivity index (χ0v) is 15.7. The topological polar surface area (TPSA) is 128 Å². The van der Waals surface area contributed by atoms with Gasteiger partial charge in [0.15, 0.2) is 0 Å². The number of primary amides is 1. The predicted octanol–water partition coefficient (Wildman–Crippen LogP) is 1.25. The van der Waals surface area contributed by atoms with E-state index in [9.17, 15) is 19.5 Å². The van der Waals surface area contributed by atoms with E-state index in [2.05, 4.69) is 5.32 Å². The number of rotatable bonds is 8. The highest BCUT2D eigenvalue weighted by molar-refractivity contribution is 5.98. The van der Waals surface area contributed by atoms with Crippen LogP contribution in [-0.4, -0.2) is 36.5 Å². The third-order valence-electron chi connectivity index (χ3n) is 4.51. The van der Waals surface area contributed by atoms with Crippen molar-refractivity contribution in [1.82, 2.24) is 5.32 Å². The number of carbonyl (C=O) groups excluding carboxylic acids is 3. The molecule has 8 heteroatoms. The first-order valence-corrected chi connectivity index (χ1v) is 8.55. The van der Waals surface area contributed by atoms with E-state index in [1.54, 1.807) is 0 Å². The second-order valence-corrected chi connectivity index (χ2v) is 6.41. The Balaban J connectivity index is 2.13. The second kappa shape index (κ2) is 8.57. The Bertz CT molecular complexity index is 813. The first-order valence-electron chi connectivity index (χ1n) is 8.55. The Morgan fingerprint density at radius 2 is 2.07 bits per heavy atom. The normalized spacial score (nSPS) is 13.1. The molecule has 27 heavy (non-hydrogen) atoms. The lowest BCUT2D eigenvalue weighted by Gasteiger charge is -2.15. The summed E-state index contributed by atoms with van der Waals surface area (Å²) in [6.45, 7) is 3.62. The molecule has 0 saturated heterocycles. The van der Waals surface area contributed by atoms with Gasteiger partial charge in [-0.05, 0) is 32.3 Å². The molecule has 1 heterocycles. The maximum atomic E-state index is 11.9. The SMILES string of the molecule is COc1c(C)c2c(c(O)c1C/C=C(\C)CCC(=O)NCC(N)=O)C(=O)OC2. The van der Waals surface area contributed by atoms with Crippen molar-refractivity contribution in [2.24, 2.45) is 5.73 Å². The van der Waals surface area contributed by atoms with Crippen molar-refractivity contribution in [3.8, 4) is 11.5 Å². The van der Waals surface area contributed by atoms with E-state index in [1.807, 2.05) is 19.9 Å². The maximum Gasteiger partial charge on any atom is 0.342 e. The number of cyclic esters (lactones) is 1. The van der Waals surface area contributed by atoms with Crippen LogP contribution in [0.25, 0.3) is 0 Å². The highest BCUT2D eigenvalue weighted by atomic mass is 16.5. The molecule has 1 aliphatic heterocycles. The van der Waals surface area contributed by atoms with E-state index in [1.165, 1.54) is 7.11 Å². The molecule has 4 N–H and O–H groups in total. The number of benzene rings is 1. The fourth-order valence-corrected chi connectivity index (χ4v) is 2.99. The number of carbonyl (C=O) groups is 3. The average molecular weight is 376 g/mol. The molecule has 2 amide bonds. The largest absolute Gasteiger partial charge is 0.507 e. The van der Waals surface area contributed by atoms with Gasteiger partial charge in [0.2, 0.25) is 11.8 Å². The summed E-state index contributed by atoms with van der Waals surface area (Å²) in [7, 11) is 1.51. The van der Waals surface area contributed by atoms with Crippen LogP contribution in [-0.2, 0) is 27.4 Å². The van der Waals surface area contributed by atoms with Crippen molar-refractivity contribution in [1.29, 1.82) is 0 Å². The Morgan fingerprint density at radius 1 is 1.37 bits per heavy atom. The van der Waals surface area contributed by atoms with Crippen molar-refractivity contribution < 1.29 is 29.0 Å². The van der Waals surface area contributed by atoms with Crippen molar-refractivity contribution in [2.75, 3.05) is 13.7 Å². The molecule has 0 saturated carbocycles. The summed E-state index contributed by atoms with van der Waals surface area (Å²) < 4.78 is 10.5. The lowest BCUT2D eigenvalue weighted by Crippen LogP contribution is -2.33. The average Bonchev–Trinajstić information content (AvgIpc) is 3.02. The smallest absolute Gasteiger partial charge is 0.342 e. The van der Waals surface area contributed by atoms with Crippen LogP contribution >= 0.6 is 0 Å². The number of phenols is 1. The van der Waals surface area contributed by atoms with E-state index >= 15 is 0 Å². The molecule has 0 atom stereocenters. The van der Waals surface area contributed by atoms with Gasteiger partial charge in [-0.25, -0.2) is 4.79 Å². The molecule has 0 unspecified atom stereocenters. The molecule has 8 nitrogen and oxygen atoms in total. The molecule has 0 aromatic heterocycles. The number of hydrogen-bond acceptors (Lipinski definition) is 6. The van der Waals surface area contributed by atoms with Crippen molar-refractivity contribution in [2.45, 2.75) is 39.7 Å². The van der Waals surface area contributed by atoms with Gasteiger partial charge in [-0.2, -0.15) is 0 Å². The zero-order valence-electron chi connectivity index (χ0n) is 15.7. The monoisotopic (exact) mass is 376 g/mol. The van der Waals surface area contributed by atoms with Gasteiger partial charge >= 0.3 is 5.97 Å². The van der Waals surface area contributed by atoms with Crippen LogP contribution in [0.1, 0.15) is 46.8 Å². The number of nitrogens with two attached hydrogens (primary N) is 1. The number of amides is 2. The molecule has 1 aliphatic rings. The van der Waals surface area contributed by atoms with Gasteiger partial charge in [0.25, 0.3) is 0 Å². The molecule has 2 rings (SSSR count). The summed E-state index contributed by atoms with van der Waals surface area (Å²) in [6.07, 6.45) is 2.91. The first kappa shape index (κ1) is 20.3. The quantitative estimate of drug-likeness (QED) is 0.463. The van der Waals surface area contributed by atoms with Crippen molar-refractivity contribution in [3.63, 3.8) is 0 Å². The number of hydrogen-bond donors (Lipinski definition) is 3. The minimum absolute atomic E-state index is 0.124. The second-order valence-electron chi connectivity index (χ2n) is 6.41. The van der Waals surface area contributed by atoms with Gasteiger partial charge in [-0.1, -0.05) is 11.6 Å². The Morgan fingerprint density at radius 3 is 2.70 bits per heavy atom. The van der Waals surface area contributed by atoms with E-state index in [4.69, 9.17) is 15.2 Å². The zero-order chi connectivity index (χ0) is 20.1. The number of methoxy groups -OCH3 is 1. The number of esters is 1. The summed E-state index contributed by atoms with van der Waals surface area (Å²) in [5.74, 6) is -1.01. The number of fused-ring (bicyclic) bond motifs is 1. The lowest BCUT2D eigenvalue weighted by atomic mass is 9.94. The Hall–Kier alpha value is -3.03. The third kappa shape index (κ3) is 4.58. The minimum atomic E-state index is -0.594. The van der Waals surface area contributed by atoms with E-state index < -0.39 is 11.9 Å². The van der Waals surface area contributed by atoms with E-state index in [0.717, 1.165) is 11.1 Å². The molecular weight excluding hydrogens is 352 g/mol. The third-order valence-corrected chi connectivity index (χ3v) is 4.51. The van der Waals surface area contributed by atoms with Crippen LogP contribution in [0.15, 0.2) is 11.6 Å². The molecule has 0 aliphatic carbocycles.